The average molecular weight is 363 g/mol. The fraction of sp³-hybridized carbons (Fsp3) is 0.696. The Morgan fingerprint density at radius 1 is 0.692 bits per heavy atom. The van der Waals surface area contributed by atoms with Crippen LogP contribution in [-0.4, -0.2) is 11.6 Å². The summed E-state index contributed by atoms with van der Waals surface area (Å²) in [7, 11) is 0. The molecular weight excluding hydrogens is 324 g/mol. The van der Waals surface area contributed by atoms with Crippen molar-refractivity contribution < 1.29 is 14.6 Å². The van der Waals surface area contributed by atoms with Crippen LogP contribution in [0.5, 0.6) is 0 Å². The summed E-state index contributed by atoms with van der Waals surface area (Å²) in [6.45, 7) is 25.2. The van der Waals surface area contributed by atoms with E-state index in [1.54, 1.807) is 0 Å². The Balaban J connectivity index is 3.72. The van der Waals surface area contributed by atoms with Gasteiger partial charge in [-0.2, -0.15) is 4.89 Å². The van der Waals surface area contributed by atoms with E-state index in [0.717, 1.165) is 5.56 Å². The van der Waals surface area contributed by atoms with E-state index in [1.165, 1.54) is 11.1 Å². The summed E-state index contributed by atoms with van der Waals surface area (Å²) in [6, 6.07) is 3.97. The number of rotatable bonds is 2. The minimum Gasteiger partial charge on any atom is -0.292 e. The predicted molar refractivity (Wildman–Crippen MR) is 109 cm³/mol. The molecule has 1 rings (SSSR count). The molecule has 148 valence electrons. The molecule has 0 fully saturated rings. The molecule has 0 saturated heterocycles. The van der Waals surface area contributed by atoms with Crippen molar-refractivity contribution in [3.8, 4) is 0 Å². The highest BCUT2D eigenvalue weighted by Crippen LogP contribution is 2.42. The Morgan fingerprint density at radius 2 is 1.15 bits per heavy atom. The van der Waals surface area contributed by atoms with Gasteiger partial charge in [-0.25, -0.2) is 4.79 Å². The number of benzene rings is 1. The molecule has 0 spiro atoms. The fourth-order valence-corrected chi connectivity index (χ4v) is 3.16. The summed E-state index contributed by atoms with van der Waals surface area (Å²) in [5.41, 5.74) is 3.24. The molecule has 0 unspecified atom stereocenters. The van der Waals surface area contributed by atoms with Crippen molar-refractivity contribution in [3.63, 3.8) is 0 Å². The molecule has 3 heteroatoms. The van der Waals surface area contributed by atoms with Gasteiger partial charge < -0.3 is 0 Å². The lowest BCUT2D eigenvalue weighted by molar-refractivity contribution is -0.301. The summed E-state index contributed by atoms with van der Waals surface area (Å²) in [4.78, 5) is 23.3. The minimum atomic E-state index is -0.546. The van der Waals surface area contributed by atoms with Gasteiger partial charge in [0.25, 0.3) is 0 Å². The lowest BCUT2D eigenvalue weighted by Gasteiger charge is -2.37. The standard InChI is InChI=1S/C23H38O3/c1-20(2,3)16-14-13-15(19(24)25-26-23(10,11)12)17(21(4,5)6)18(16)22(7,8)9/h13-14H,1-12H3. The monoisotopic (exact) mass is 362 g/mol. The van der Waals surface area contributed by atoms with Crippen LogP contribution in [0.3, 0.4) is 0 Å². The van der Waals surface area contributed by atoms with E-state index in [0.29, 0.717) is 5.56 Å². The van der Waals surface area contributed by atoms with E-state index in [4.69, 9.17) is 9.78 Å². The summed E-state index contributed by atoms with van der Waals surface area (Å²) in [5.74, 6) is -0.434. The van der Waals surface area contributed by atoms with Crippen LogP contribution in [0.15, 0.2) is 12.1 Å². The van der Waals surface area contributed by atoms with Crippen LogP contribution in [0.2, 0.25) is 0 Å². The van der Waals surface area contributed by atoms with Gasteiger partial charge in [0.1, 0.15) is 5.60 Å². The molecule has 26 heavy (non-hydrogen) atoms. The lowest BCUT2D eigenvalue weighted by Crippen LogP contribution is -2.31. The Morgan fingerprint density at radius 3 is 1.50 bits per heavy atom. The summed E-state index contributed by atoms with van der Waals surface area (Å²) in [5, 5.41) is 0. The highest BCUT2D eigenvalue weighted by Gasteiger charge is 2.35. The van der Waals surface area contributed by atoms with E-state index in [9.17, 15) is 4.79 Å². The van der Waals surface area contributed by atoms with Crippen molar-refractivity contribution in [2.24, 2.45) is 0 Å². The van der Waals surface area contributed by atoms with E-state index in [1.807, 2.05) is 26.8 Å². The highest BCUT2D eigenvalue weighted by atomic mass is 17.2. The normalized spacial score (nSPS) is 13.7. The molecule has 0 saturated carbocycles. The summed E-state index contributed by atoms with van der Waals surface area (Å²) < 4.78 is 0. The van der Waals surface area contributed by atoms with Crippen molar-refractivity contribution >= 4 is 5.97 Å². The highest BCUT2D eigenvalue weighted by molar-refractivity contribution is 5.92. The Bertz CT molecular complexity index is 657. The van der Waals surface area contributed by atoms with E-state index < -0.39 is 11.6 Å². The maximum absolute atomic E-state index is 12.9. The average Bonchev–Trinajstić information content (AvgIpc) is 2.39. The van der Waals surface area contributed by atoms with Gasteiger partial charge >= 0.3 is 5.97 Å². The summed E-state index contributed by atoms with van der Waals surface area (Å²) in [6.07, 6.45) is 0. The lowest BCUT2D eigenvalue weighted by atomic mass is 9.67. The van der Waals surface area contributed by atoms with E-state index in [2.05, 4.69) is 68.4 Å². The van der Waals surface area contributed by atoms with Gasteiger partial charge in [-0.1, -0.05) is 68.4 Å². The molecule has 0 N–H and O–H groups in total. The third-order valence-electron chi connectivity index (χ3n) is 4.10. The van der Waals surface area contributed by atoms with E-state index in [-0.39, 0.29) is 16.2 Å². The zero-order valence-electron chi connectivity index (χ0n) is 18.9. The maximum atomic E-state index is 12.9. The molecule has 0 heterocycles. The number of carbonyl (C=O) groups is 1. The van der Waals surface area contributed by atoms with Crippen molar-refractivity contribution in [2.45, 2.75) is 105 Å². The molecule has 0 radical (unpaired) electrons. The molecule has 0 aliphatic heterocycles. The van der Waals surface area contributed by atoms with Crippen LogP contribution in [0, 0.1) is 0 Å². The van der Waals surface area contributed by atoms with Gasteiger partial charge in [0.15, 0.2) is 0 Å². The second-order valence-corrected chi connectivity index (χ2v) is 11.2. The van der Waals surface area contributed by atoms with Gasteiger partial charge in [-0.05, 0) is 59.8 Å². The topological polar surface area (TPSA) is 35.5 Å². The first-order chi connectivity index (χ1) is 11.4. The van der Waals surface area contributed by atoms with Crippen LogP contribution < -0.4 is 0 Å². The molecule has 3 nitrogen and oxygen atoms in total. The van der Waals surface area contributed by atoms with Gasteiger partial charge in [0.2, 0.25) is 0 Å². The van der Waals surface area contributed by atoms with Gasteiger partial charge in [0, 0.05) is 0 Å². The van der Waals surface area contributed by atoms with Crippen molar-refractivity contribution in [1.82, 2.24) is 0 Å². The molecule has 0 amide bonds. The number of hydrogen-bond donors (Lipinski definition) is 0. The van der Waals surface area contributed by atoms with Gasteiger partial charge in [-0.15, -0.1) is 0 Å². The quantitative estimate of drug-likeness (QED) is 0.447. The fourth-order valence-electron chi connectivity index (χ4n) is 3.16. The second-order valence-electron chi connectivity index (χ2n) is 11.2. The van der Waals surface area contributed by atoms with Crippen molar-refractivity contribution in [2.75, 3.05) is 0 Å². The SMILES string of the molecule is CC(C)(C)OOC(=O)c1ccc(C(C)(C)C)c(C(C)(C)C)c1C(C)(C)C. The van der Waals surface area contributed by atoms with Gasteiger partial charge in [0.05, 0.1) is 5.56 Å². The zero-order chi connectivity index (χ0) is 20.7. The molecule has 1 aromatic rings. The van der Waals surface area contributed by atoms with Crippen LogP contribution in [0.4, 0.5) is 0 Å². The minimum absolute atomic E-state index is 0.0209. The second kappa shape index (κ2) is 6.99. The zero-order valence-corrected chi connectivity index (χ0v) is 18.9. The van der Waals surface area contributed by atoms with Crippen LogP contribution >= 0.6 is 0 Å². The number of carbonyl (C=O) groups excluding carboxylic acids is 1. The Hall–Kier alpha value is -1.35. The molecule has 0 atom stereocenters. The van der Waals surface area contributed by atoms with E-state index >= 15 is 0 Å². The first kappa shape index (κ1) is 22.7. The Kier molecular flexibility index (Phi) is 6.10. The summed E-state index contributed by atoms with van der Waals surface area (Å²) >= 11 is 0. The molecule has 0 aromatic heterocycles. The third kappa shape index (κ3) is 5.57. The van der Waals surface area contributed by atoms with Gasteiger partial charge in [-0.3, -0.25) is 4.89 Å². The van der Waals surface area contributed by atoms with Crippen molar-refractivity contribution in [1.29, 1.82) is 0 Å². The van der Waals surface area contributed by atoms with Crippen LogP contribution in [-0.2, 0) is 26.0 Å². The molecular formula is C23H38O3. The molecule has 0 aliphatic carbocycles. The van der Waals surface area contributed by atoms with Crippen LogP contribution in [0.1, 0.15) is 110 Å². The predicted octanol–water partition coefficient (Wildman–Crippen LogP) is 6.47. The maximum Gasteiger partial charge on any atom is 0.373 e. The largest absolute Gasteiger partial charge is 0.373 e. The molecule has 1 aromatic carbocycles. The number of hydrogen-bond acceptors (Lipinski definition) is 3. The third-order valence-corrected chi connectivity index (χ3v) is 4.10. The molecule has 0 bridgehead atoms. The smallest absolute Gasteiger partial charge is 0.292 e. The van der Waals surface area contributed by atoms with Crippen molar-refractivity contribution in [3.05, 3.63) is 34.4 Å². The molecule has 0 aliphatic rings. The first-order valence-electron chi connectivity index (χ1n) is 9.44. The Labute approximate surface area is 160 Å². The van der Waals surface area contributed by atoms with Crippen LogP contribution in [0.25, 0.3) is 0 Å². The first-order valence-corrected chi connectivity index (χ1v) is 9.44.